The van der Waals surface area contributed by atoms with Crippen LogP contribution in [0.5, 0.6) is 0 Å². The van der Waals surface area contributed by atoms with Gasteiger partial charge >= 0.3 is 0 Å². The molecule has 0 amide bonds. The molecule has 1 aliphatic carbocycles. The highest BCUT2D eigenvalue weighted by atomic mass is 19.2. The van der Waals surface area contributed by atoms with Gasteiger partial charge in [-0.2, -0.15) is 0 Å². The van der Waals surface area contributed by atoms with E-state index in [2.05, 4.69) is 11.8 Å². The summed E-state index contributed by atoms with van der Waals surface area (Å²) >= 11 is 0. The fourth-order valence-electron chi connectivity index (χ4n) is 4.07. The molecule has 0 aromatic heterocycles. The zero-order valence-corrected chi connectivity index (χ0v) is 17.0. The van der Waals surface area contributed by atoms with Crippen molar-refractivity contribution in [2.24, 2.45) is 11.8 Å². The number of rotatable bonds is 5. The van der Waals surface area contributed by atoms with Crippen LogP contribution < -0.4 is 0 Å². The second kappa shape index (κ2) is 10.1. The molecule has 0 atom stereocenters. The zero-order valence-electron chi connectivity index (χ0n) is 17.0. The Bertz CT molecular complexity index is 900. The Balaban J connectivity index is 1.53. The van der Waals surface area contributed by atoms with Crippen molar-refractivity contribution in [2.45, 2.75) is 58.3 Å². The summed E-state index contributed by atoms with van der Waals surface area (Å²) in [5.74, 6) is 1.19. The summed E-state index contributed by atoms with van der Waals surface area (Å²) in [7, 11) is 0. The van der Waals surface area contributed by atoms with Crippen molar-refractivity contribution < 1.29 is 22.0 Å². The minimum Gasteiger partial charge on any atom is -0.206 e. The molecule has 1 fully saturated rings. The van der Waals surface area contributed by atoms with Crippen LogP contribution in [0, 0.1) is 52.8 Å². The molecule has 30 heavy (non-hydrogen) atoms. The first-order valence-corrected chi connectivity index (χ1v) is 10.5. The van der Waals surface area contributed by atoms with E-state index in [9.17, 15) is 22.0 Å². The topological polar surface area (TPSA) is 0 Å². The Kier molecular flexibility index (Phi) is 7.53. The second-order valence-corrected chi connectivity index (χ2v) is 8.08. The average Bonchev–Trinajstić information content (AvgIpc) is 2.71. The summed E-state index contributed by atoms with van der Waals surface area (Å²) in [6.07, 6.45) is 6.11. The van der Waals surface area contributed by atoms with Crippen LogP contribution >= 0.6 is 0 Å². The van der Waals surface area contributed by atoms with Gasteiger partial charge in [0, 0.05) is 5.92 Å². The normalized spacial score (nSPS) is 18.7. The van der Waals surface area contributed by atoms with Crippen LogP contribution in [0.3, 0.4) is 0 Å². The van der Waals surface area contributed by atoms with Gasteiger partial charge in [0.15, 0.2) is 17.5 Å². The summed E-state index contributed by atoms with van der Waals surface area (Å²) in [6, 6.07) is 4.80. The van der Waals surface area contributed by atoms with Crippen molar-refractivity contribution in [3.63, 3.8) is 0 Å². The number of benzene rings is 2. The van der Waals surface area contributed by atoms with E-state index >= 15 is 0 Å². The van der Waals surface area contributed by atoms with Gasteiger partial charge in [-0.15, -0.1) is 0 Å². The smallest absolute Gasteiger partial charge is 0.194 e. The highest BCUT2D eigenvalue weighted by Gasteiger charge is 2.20. The van der Waals surface area contributed by atoms with Gasteiger partial charge < -0.3 is 0 Å². The number of hydrogen-bond donors (Lipinski definition) is 0. The second-order valence-electron chi connectivity index (χ2n) is 8.08. The predicted octanol–water partition coefficient (Wildman–Crippen LogP) is 7.13. The quantitative estimate of drug-likeness (QED) is 0.274. The molecule has 0 bridgehead atoms. The average molecular weight is 420 g/mol. The fraction of sp³-hybridized carbons (Fsp3) is 0.440. The summed E-state index contributed by atoms with van der Waals surface area (Å²) in [5.41, 5.74) is 0.919. The van der Waals surface area contributed by atoms with E-state index in [1.54, 1.807) is 0 Å². The highest BCUT2D eigenvalue weighted by molar-refractivity contribution is 5.39. The Morgan fingerprint density at radius 2 is 1.30 bits per heavy atom. The van der Waals surface area contributed by atoms with Crippen LogP contribution in [-0.4, -0.2) is 0 Å². The van der Waals surface area contributed by atoms with Crippen LogP contribution in [0.4, 0.5) is 22.0 Å². The SMILES string of the molecule is CCCc1cc(F)c(C#CC2CCC(CCc3cc(F)c(F)c(F)c3)CC2)c(F)c1. The van der Waals surface area contributed by atoms with E-state index in [1.807, 2.05) is 6.92 Å². The lowest BCUT2D eigenvalue weighted by Crippen LogP contribution is -2.14. The molecule has 0 N–H and O–H groups in total. The van der Waals surface area contributed by atoms with E-state index in [4.69, 9.17) is 0 Å². The maximum absolute atomic E-state index is 14.2. The van der Waals surface area contributed by atoms with Crippen LogP contribution in [0.25, 0.3) is 0 Å². The van der Waals surface area contributed by atoms with Gasteiger partial charge in [0.25, 0.3) is 0 Å². The Morgan fingerprint density at radius 1 is 0.767 bits per heavy atom. The van der Waals surface area contributed by atoms with E-state index in [-0.39, 0.29) is 11.5 Å². The van der Waals surface area contributed by atoms with Crippen molar-refractivity contribution >= 4 is 0 Å². The maximum atomic E-state index is 14.2. The lowest BCUT2D eigenvalue weighted by Gasteiger charge is -2.25. The van der Waals surface area contributed by atoms with E-state index < -0.39 is 29.1 Å². The summed E-state index contributed by atoms with van der Waals surface area (Å²) in [4.78, 5) is 0. The molecule has 1 aliphatic rings. The zero-order chi connectivity index (χ0) is 21.7. The van der Waals surface area contributed by atoms with Gasteiger partial charge in [-0.3, -0.25) is 0 Å². The van der Waals surface area contributed by atoms with Crippen LogP contribution in [-0.2, 0) is 12.8 Å². The van der Waals surface area contributed by atoms with E-state index in [0.717, 1.165) is 50.7 Å². The van der Waals surface area contributed by atoms with Gasteiger partial charge in [-0.1, -0.05) is 25.2 Å². The summed E-state index contributed by atoms with van der Waals surface area (Å²) in [5, 5.41) is 0. The monoisotopic (exact) mass is 420 g/mol. The first-order chi connectivity index (χ1) is 14.4. The molecule has 0 heterocycles. The molecule has 0 nitrogen and oxygen atoms in total. The van der Waals surface area contributed by atoms with E-state index in [1.165, 1.54) is 12.1 Å². The molecule has 0 aliphatic heterocycles. The van der Waals surface area contributed by atoms with Crippen molar-refractivity contribution in [1.29, 1.82) is 0 Å². The largest absolute Gasteiger partial charge is 0.206 e. The Labute approximate surface area is 174 Å². The Hall–Kier alpha value is -2.35. The van der Waals surface area contributed by atoms with Crippen molar-refractivity contribution in [3.8, 4) is 11.8 Å². The van der Waals surface area contributed by atoms with E-state index in [0.29, 0.717) is 29.9 Å². The van der Waals surface area contributed by atoms with Gasteiger partial charge in [-0.25, -0.2) is 22.0 Å². The molecular formula is C25H25F5. The highest BCUT2D eigenvalue weighted by Crippen LogP contribution is 2.32. The van der Waals surface area contributed by atoms with Gasteiger partial charge in [0.05, 0.1) is 5.56 Å². The van der Waals surface area contributed by atoms with Gasteiger partial charge in [-0.05, 0) is 86.3 Å². The molecule has 0 radical (unpaired) electrons. The van der Waals surface area contributed by atoms with Crippen LogP contribution in [0.2, 0.25) is 0 Å². The third-order valence-electron chi connectivity index (χ3n) is 5.77. The van der Waals surface area contributed by atoms with Crippen LogP contribution in [0.15, 0.2) is 24.3 Å². The molecule has 0 spiro atoms. The molecular weight excluding hydrogens is 395 g/mol. The molecule has 2 aromatic carbocycles. The van der Waals surface area contributed by atoms with Crippen molar-refractivity contribution in [1.82, 2.24) is 0 Å². The first-order valence-electron chi connectivity index (χ1n) is 10.5. The fourth-order valence-corrected chi connectivity index (χ4v) is 4.07. The lowest BCUT2D eigenvalue weighted by atomic mass is 9.79. The van der Waals surface area contributed by atoms with Gasteiger partial charge in [0.1, 0.15) is 11.6 Å². The standard InChI is InChI=1S/C25H25F5/c1-2-3-18-12-21(26)20(22(27)13-18)11-10-17-6-4-16(5-7-17)8-9-19-14-23(28)25(30)24(29)15-19/h12-17H,2-9H2,1H3. The minimum absolute atomic E-state index is 0.0797. The summed E-state index contributed by atoms with van der Waals surface area (Å²) < 4.78 is 68.0. The molecule has 0 saturated heterocycles. The third-order valence-corrected chi connectivity index (χ3v) is 5.77. The van der Waals surface area contributed by atoms with Crippen molar-refractivity contribution in [3.05, 3.63) is 70.0 Å². The maximum Gasteiger partial charge on any atom is 0.194 e. The predicted molar refractivity (Wildman–Crippen MR) is 107 cm³/mol. The number of halogens is 5. The molecule has 3 rings (SSSR count). The Morgan fingerprint density at radius 3 is 1.87 bits per heavy atom. The number of hydrogen-bond acceptors (Lipinski definition) is 0. The molecule has 5 heteroatoms. The minimum atomic E-state index is -1.44. The molecule has 1 saturated carbocycles. The number of aryl methyl sites for hydroxylation is 2. The molecule has 2 aromatic rings. The lowest BCUT2D eigenvalue weighted by molar-refractivity contribution is 0.301. The third kappa shape index (κ3) is 5.62. The first kappa shape index (κ1) is 22.3. The summed E-state index contributed by atoms with van der Waals surface area (Å²) in [6.45, 7) is 1.95. The van der Waals surface area contributed by atoms with Crippen molar-refractivity contribution in [2.75, 3.05) is 0 Å². The molecule has 160 valence electrons. The van der Waals surface area contributed by atoms with Gasteiger partial charge in [0.2, 0.25) is 0 Å². The molecule has 0 unspecified atom stereocenters. The van der Waals surface area contributed by atoms with Crippen LogP contribution in [0.1, 0.15) is 62.1 Å².